The summed E-state index contributed by atoms with van der Waals surface area (Å²) >= 11 is 0. The Hall–Kier alpha value is -2.48. The number of nitrogens with one attached hydrogen (secondary N) is 1. The molecule has 0 fully saturated rings. The highest BCUT2D eigenvalue weighted by Crippen LogP contribution is 2.20. The molecular weight excluding hydrogens is 234 g/mol. The maximum atomic E-state index is 5.15. The highest BCUT2D eigenvalue weighted by molar-refractivity contribution is 5.91. The molecule has 19 heavy (non-hydrogen) atoms. The fourth-order valence-electron chi connectivity index (χ4n) is 2.13. The van der Waals surface area contributed by atoms with Gasteiger partial charge in [0.2, 0.25) is 0 Å². The number of ether oxygens (including phenoxy) is 1. The molecule has 0 bridgehead atoms. The van der Waals surface area contributed by atoms with Crippen LogP contribution in [0, 0.1) is 0 Å². The van der Waals surface area contributed by atoms with E-state index >= 15 is 0 Å². The van der Waals surface area contributed by atoms with E-state index in [-0.39, 0.29) is 0 Å². The molecule has 0 aliphatic rings. The molecule has 1 N–H and O–H groups in total. The molecule has 0 radical (unpaired) electrons. The van der Waals surface area contributed by atoms with Crippen LogP contribution >= 0.6 is 0 Å². The Morgan fingerprint density at radius 2 is 1.74 bits per heavy atom. The Morgan fingerprint density at radius 1 is 0.947 bits per heavy atom. The minimum absolute atomic E-state index is 0.879. The Bertz CT molecular complexity index is 707. The normalized spacial score (nSPS) is 11.2. The fraction of sp³-hybridized carbons (Fsp3) is 0.0588. The van der Waals surface area contributed by atoms with Crippen LogP contribution in [0.5, 0.6) is 5.75 Å². The number of fused-ring (bicyclic) bond motifs is 1. The maximum absolute atomic E-state index is 5.15. The maximum Gasteiger partial charge on any atom is 0.118 e. The van der Waals surface area contributed by atoms with Crippen molar-refractivity contribution in [2.45, 2.75) is 0 Å². The molecule has 3 aromatic rings. The van der Waals surface area contributed by atoms with E-state index in [1.165, 1.54) is 10.9 Å². The smallest absolute Gasteiger partial charge is 0.118 e. The lowest BCUT2D eigenvalue weighted by atomic mass is 10.1. The summed E-state index contributed by atoms with van der Waals surface area (Å²) in [7, 11) is 1.68. The second-order valence-corrected chi connectivity index (χ2v) is 4.40. The number of methoxy groups -OCH3 is 1. The largest absolute Gasteiger partial charge is 0.497 e. The van der Waals surface area contributed by atoms with Crippen molar-refractivity contribution < 1.29 is 4.74 Å². The standard InChI is InChI=1S/C17H15NO/c1-19-15-10-7-13(8-11-15)6-9-14-12-18-17-5-3-2-4-16(14)17/h2-12,18H,1H3/b9-6+. The molecular formula is C17H15NO. The van der Waals surface area contributed by atoms with Crippen molar-refractivity contribution in [1.82, 2.24) is 4.98 Å². The molecule has 0 unspecified atom stereocenters. The minimum atomic E-state index is 0.879. The summed E-state index contributed by atoms with van der Waals surface area (Å²) < 4.78 is 5.15. The van der Waals surface area contributed by atoms with E-state index in [4.69, 9.17) is 4.74 Å². The van der Waals surface area contributed by atoms with Gasteiger partial charge in [-0.3, -0.25) is 0 Å². The summed E-state index contributed by atoms with van der Waals surface area (Å²) in [6.45, 7) is 0. The van der Waals surface area contributed by atoms with Gasteiger partial charge < -0.3 is 9.72 Å². The summed E-state index contributed by atoms with van der Waals surface area (Å²) in [4.78, 5) is 3.27. The van der Waals surface area contributed by atoms with Gasteiger partial charge >= 0.3 is 0 Å². The zero-order valence-corrected chi connectivity index (χ0v) is 10.8. The molecule has 1 aromatic heterocycles. The number of benzene rings is 2. The van der Waals surface area contributed by atoms with Gasteiger partial charge in [-0.1, -0.05) is 42.5 Å². The molecule has 2 nitrogen and oxygen atoms in total. The van der Waals surface area contributed by atoms with Gasteiger partial charge in [-0.25, -0.2) is 0 Å². The van der Waals surface area contributed by atoms with Crippen molar-refractivity contribution in [3.63, 3.8) is 0 Å². The Balaban J connectivity index is 1.89. The Morgan fingerprint density at radius 3 is 2.53 bits per heavy atom. The first-order valence-electron chi connectivity index (χ1n) is 6.25. The third-order valence-electron chi connectivity index (χ3n) is 3.19. The SMILES string of the molecule is COc1ccc(/C=C/c2c[nH]c3ccccc23)cc1. The van der Waals surface area contributed by atoms with Gasteiger partial charge in [0.25, 0.3) is 0 Å². The lowest BCUT2D eigenvalue weighted by molar-refractivity contribution is 0.415. The highest BCUT2D eigenvalue weighted by atomic mass is 16.5. The van der Waals surface area contributed by atoms with Gasteiger partial charge in [0, 0.05) is 17.1 Å². The quantitative estimate of drug-likeness (QED) is 0.733. The first-order valence-corrected chi connectivity index (χ1v) is 6.25. The lowest BCUT2D eigenvalue weighted by Crippen LogP contribution is -1.81. The second-order valence-electron chi connectivity index (χ2n) is 4.40. The zero-order chi connectivity index (χ0) is 13.1. The number of aromatic nitrogens is 1. The van der Waals surface area contributed by atoms with Crippen molar-refractivity contribution in [3.05, 3.63) is 65.9 Å². The molecule has 0 aliphatic heterocycles. The van der Waals surface area contributed by atoms with Gasteiger partial charge in [-0.05, 0) is 29.3 Å². The molecule has 0 aliphatic carbocycles. The van der Waals surface area contributed by atoms with Crippen LogP contribution in [0.3, 0.4) is 0 Å². The van der Waals surface area contributed by atoms with Gasteiger partial charge in [0.05, 0.1) is 7.11 Å². The average molecular weight is 249 g/mol. The van der Waals surface area contributed by atoms with E-state index in [0.29, 0.717) is 0 Å². The summed E-state index contributed by atoms with van der Waals surface area (Å²) in [5, 5.41) is 1.24. The predicted octanol–water partition coefficient (Wildman–Crippen LogP) is 4.35. The molecule has 3 rings (SSSR count). The van der Waals surface area contributed by atoms with Crippen LogP contribution in [-0.2, 0) is 0 Å². The van der Waals surface area contributed by atoms with Crippen molar-refractivity contribution in [1.29, 1.82) is 0 Å². The van der Waals surface area contributed by atoms with E-state index in [0.717, 1.165) is 16.8 Å². The van der Waals surface area contributed by atoms with Crippen molar-refractivity contribution in [3.8, 4) is 5.75 Å². The van der Waals surface area contributed by atoms with Crippen LogP contribution in [0.2, 0.25) is 0 Å². The molecule has 0 saturated heterocycles. The molecule has 2 aromatic carbocycles. The number of para-hydroxylation sites is 1. The number of H-pyrrole nitrogens is 1. The van der Waals surface area contributed by atoms with Crippen LogP contribution in [0.1, 0.15) is 11.1 Å². The summed E-state index contributed by atoms with van der Waals surface area (Å²) in [5.41, 5.74) is 3.52. The molecule has 94 valence electrons. The first-order chi connectivity index (χ1) is 9.36. The third-order valence-corrected chi connectivity index (χ3v) is 3.19. The molecule has 0 spiro atoms. The zero-order valence-electron chi connectivity index (χ0n) is 10.8. The molecule has 0 atom stereocenters. The van der Waals surface area contributed by atoms with Crippen LogP contribution in [-0.4, -0.2) is 12.1 Å². The van der Waals surface area contributed by atoms with E-state index in [2.05, 4.69) is 35.3 Å². The number of hydrogen-bond acceptors (Lipinski definition) is 1. The van der Waals surface area contributed by atoms with Crippen LogP contribution < -0.4 is 4.74 Å². The van der Waals surface area contributed by atoms with Gasteiger partial charge in [0.1, 0.15) is 5.75 Å². The monoisotopic (exact) mass is 249 g/mol. The minimum Gasteiger partial charge on any atom is -0.497 e. The van der Waals surface area contributed by atoms with Crippen LogP contribution in [0.25, 0.3) is 23.1 Å². The Labute approximate surface area is 112 Å². The van der Waals surface area contributed by atoms with Crippen molar-refractivity contribution in [2.24, 2.45) is 0 Å². The van der Waals surface area contributed by atoms with Gasteiger partial charge in [0.15, 0.2) is 0 Å². The first kappa shape index (κ1) is 11.6. The number of aromatic amines is 1. The van der Waals surface area contributed by atoms with Crippen LogP contribution in [0.4, 0.5) is 0 Å². The van der Waals surface area contributed by atoms with E-state index in [9.17, 15) is 0 Å². The van der Waals surface area contributed by atoms with E-state index < -0.39 is 0 Å². The van der Waals surface area contributed by atoms with Crippen molar-refractivity contribution in [2.75, 3.05) is 7.11 Å². The number of hydrogen-bond donors (Lipinski definition) is 1. The lowest BCUT2D eigenvalue weighted by Gasteiger charge is -1.99. The Kier molecular flexibility index (Phi) is 3.07. The van der Waals surface area contributed by atoms with Gasteiger partial charge in [-0.15, -0.1) is 0 Å². The molecule has 2 heteroatoms. The van der Waals surface area contributed by atoms with Crippen molar-refractivity contribution >= 4 is 23.1 Å². The fourth-order valence-corrected chi connectivity index (χ4v) is 2.13. The summed E-state index contributed by atoms with van der Waals surface area (Å²) in [5.74, 6) is 0.879. The van der Waals surface area contributed by atoms with E-state index in [1.54, 1.807) is 7.11 Å². The second kappa shape index (κ2) is 5.02. The summed E-state index contributed by atoms with van der Waals surface area (Å²) in [6, 6.07) is 16.3. The molecule has 0 saturated carbocycles. The molecule has 1 heterocycles. The third kappa shape index (κ3) is 2.38. The predicted molar refractivity (Wildman–Crippen MR) is 80.2 cm³/mol. The number of rotatable bonds is 3. The summed E-state index contributed by atoms with van der Waals surface area (Å²) in [6.07, 6.45) is 6.26. The van der Waals surface area contributed by atoms with Gasteiger partial charge in [-0.2, -0.15) is 0 Å². The average Bonchev–Trinajstić information content (AvgIpc) is 2.89. The highest BCUT2D eigenvalue weighted by Gasteiger charge is 1.98. The van der Waals surface area contributed by atoms with Crippen LogP contribution in [0.15, 0.2) is 54.7 Å². The molecule has 0 amide bonds. The topological polar surface area (TPSA) is 25.0 Å². The van der Waals surface area contributed by atoms with E-state index in [1.807, 2.05) is 36.5 Å².